The lowest BCUT2D eigenvalue weighted by atomic mass is 9.97. The Hall–Kier alpha value is -2.98. The Bertz CT molecular complexity index is 882. The van der Waals surface area contributed by atoms with Crippen molar-refractivity contribution < 1.29 is 22.8 Å². The molecule has 0 saturated carbocycles. The van der Waals surface area contributed by atoms with Crippen LogP contribution in [0.1, 0.15) is 31.4 Å². The Morgan fingerprint density at radius 2 is 2.07 bits per heavy atom. The van der Waals surface area contributed by atoms with E-state index in [0.29, 0.717) is 19.4 Å². The average Bonchev–Trinajstić information content (AvgIpc) is 3.16. The van der Waals surface area contributed by atoms with Gasteiger partial charge in [0.1, 0.15) is 6.04 Å². The number of hydrogen-bond acceptors (Lipinski definition) is 5. The van der Waals surface area contributed by atoms with Crippen LogP contribution in [0.3, 0.4) is 0 Å². The number of aromatic nitrogens is 4. The zero-order valence-corrected chi connectivity index (χ0v) is 15.1. The molecule has 0 radical (unpaired) electrons. The molecule has 2 atom stereocenters. The van der Waals surface area contributed by atoms with E-state index in [4.69, 9.17) is 5.73 Å². The van der Waals surface area contributed by atoms with E-state index in [1.807, 2.05) is 0 Å². The number of nitrogens with two attached hydrogens (primary N) is 1. The summed E-state index contributed by atoms with van der Waals surface area (Å²) in [5.41, 5.74) is 4.65. The Morgan fingerprint density at radius 1 is 1.32 bits per heavy atom. The highest BCUT2D eigenvalue weighted by Gasteiger charge is 2.32. The summed E-state index contributed by atoms with van der Waals surface area (Å²) >= 11 is 0. The Morgan fingerprint density at radius 3 is 2.75 bits per heavy atom. The number of tetrazole rings is 1. The SMILES string of the molecule is CC(C(=O)N1CCCC(C(N)=O)C1)n1nnc(-c2cccc(C(F)(F)F)c2)n1. The fourth-order valence-corrected chi connectivity index (χ4v) is 3.11. The third kappa shape index (κ3) is 4.12. The zero-order chi connectivity index (χ0) is 20.5. The monoisotopic (exact) mass is 396 g/mol. The number of likely N-dealkylation sites (tertiary alicyclic amines) is 1. The number of amides is 2. The molecule has 1 aliphatic heterocycles. The van der Waals surface area contributed by atoms with Crippen LogP contribution >= 0.6 is 0 Å². The highest BCUT2D eigenvalue weighted by atomic mass is 19.4. The molecule has 1 aromatic carbocycles. The fraction of sp³-hybridized carbons (Fsp3) is 0.471. The number of rotatable bonds is 4. The summed E-state index contributed by atoms with van der Waals surface area (Å²) in [7, 11) is 0. The number of primary amides is 1. The molecule has 2 heterocycles. The number of halogens is 3. The minimum atomic E-state index is -4.49. The molecular weight excluding hydrogens is 377 g/mol. The van der Waals surface area contributed by atoms with E-state index in [1.54, 1.807) is 6.92 Å². The van der Waals surface area contributed by atoms with Gasteiger partial charge in [-0.2, -0.15) is 18.0 Å². The Balaban J connectivity index is 1.76. The number of hydrogen-bond donors (Lipinski definition) is 1. The van der Waals surface area contributed by atoms with E-state index in [-0.39, 0.29) is 23.8 Å². The van der Waals surface area contributed by atoms with Crippen molar-refractivity contribution in [3.8, 4) is 11.4 Å². The first-order valence-corrected chi connectivity index (χ1v) is 8.72. The molecule has 0 aliphatic carbocycles. The molecule has 0 spiro atoms. The van der Waals surface area contributed by atoms with E-state index in [9.17, 15) is 22.8 Å². The van der Waals surface area contributed by atoms with Gasteiger partial charge in [-0.1, -0.05) is 12.1 Å². The summed E-state index contributed by atoms with van der Waals surface area (Å²) < 4.78 is 38.6. The van der Waals surface area contributed by atoms with E-state index >= 15 is 0 Å². The van der Waals surface area contributed by atoms with Crippen LogP contribution in [-0.2, 0) is 15.8 Å². The topological polar surface area (TPSA) is 107 Å². The van der Waals surface area contributed by atoms with Gasteiger partial charge in [0, 0.05) is 18.7 Å². The van der Waals surface area contributed by atoms with Gasteiger partial charge >= 0.3 is 6.18 Å². The predicted octanol–water partition coefficient (Wildman–Crippen LogP) is 1.64. The van der Waals surface area contributed by atoms with Crippen LogP contribution in [0.15, 0.2) is 24.3 Å². The molecule has 28 heavy (non-hydrogen) atoms. The van der Waals surface area contributed by atoms with E-state index in [0.717, 1.165) is 16.9 Å². The van der Waals surface area contributed by atoms with Crippen LogP contribution < -0.4 is 5.73 Å². The van der Waals surface area contributed by atoms with Crippen LogP contribution in [0.25, 0.3) is 11.4 Å². The summed E-state index contributed by atoms with van der Waals surface area (Å²) in [5.74, 6) is -1.16. The maximum absolute atomic E-state index is 12.9. The molecule has 2 unspecified atom stereocenters. The molecule has 1 fully saturated rings. The van der Waals surface area contributed by atoms with Gasteiger partial charge in [-0.15, -0.1) is 10.2 Å². The lowest BCUT2D eigenvalue weighted by Crippen LogP contribution is -2.46. The number of alkyl halides is 3. The van der Waals surface area contributed by atoms with Crippen LogP contribution in [0.4, 0.5) is 13.2 Å². The molecule has 11 heteroatoms. The minimum absolute atomic E-state index is 0.0144. The van der Waals surface area contributed by atoms with Crippen molar-refractivity contribution in [3.05, 3.63) is 29.8 Å². The average molecular weight is 396 g/mol. The van der Waals surface area contributed by atoms with Crippen molar-refractivity contribution in [3.63, 3.8) is 0 Å². The van der Waals surface area contributed by atoms with Gasteiger partial charge < -0.3 is 10.6 Å². The molecule has 1 aromatic heterocycles. The Labute approximate surface area is 158 Å². The molecule has 1 aliphatic rings. The van der Waals surface area contributed by atoms with Crippen molar-refractivity contribution in [2.75, 3.05) is 13.1 Å². The highest BCUT2D eigenvalue weighted by molar-refractivity contribution is 5.82. The van der Waals surface area contributed by atoms with Crippen molar-refractivity contribution in [2.24, 2.45) is 11.7 Å². The van der Waals surface area contributed by atoms with Gasteiger partial charge in [0.15, 0.2) is 0 Å². The summed E-state index contributed by atoms with van der Waals surface area (Å²) in [6.45, 7) is 2.28. The molecule has 0 bridgehead atoms. The first kappa shape index (κ1) is 19.8. The second-order valence-corrected chi connectivity index (χ2v) is 6.71. The molecule has 1 saturated heterocycles. The quantitative estimate of drug-likeness (QED) is 0.846. The molecule has 8 nitrogen and oxygen atoms in total. The first-order valence-electron chi connectivity index (χ1n) is 8.72. The smallest absolute Gasteiger partial charge is 0.369 e. The Kier molecular flexibility index (Phi) is 5.34. The fourth-order valence-electron chi connectivity index (χ4n) is 3.11. The van der Waals surface area contributed by atoms with Gasteiger partial charge in [-0.3, -0.25) is 9.59 Å². The third-order valence-corrected chi connectivity index (χ3v) is 4.72. The van der Waals surface area contributed by atoms with Gasteiger partial charge in [-0.05, 0) is 37.1 Å². The maximum atomic E-state index is 12.9. The largest absolute Gasteiger partial charge is 0.416 e. The molecule has 2 amide bonds. The van der Waals surface area contributed by atoms with Crippen molar-refractivity contribution >= 4 is 11.8 Å². The summed E-state index contributed by atoms with van der Waals surface area (Å²) in [5, 5.41) is 11.6. The van der Waals surface area contributed by atoms with Crippen LogP contribution in [0.2, 0.25) is 0 Å². The van der Waals surface area contributed by atoms with Gasteiger partial charge in [0.05, 0.1) is 11.5 Å². The summed E-state index contributed by atoms with van der Waals surface area (Å²) in [4.78, 5) is 26.7. The van der Waals surface area contributed by atoms with Crippen molar-refractivity contribution in [1.29, 1.82) is 0 Å². The van der Waals surface area contributed by atoms with E-state index < -0.39 is 29.6 Å². The van der Waals surface area contributed by atoms with Crippen LogP contribution in [-0.4, -0.2) is 50.0 Å². The summed E-state index contributed by atoms with van der Waals surface area (Å²) in [6, 6.07) is 3.75. The number of benzene rings is 1. The van der Waals surface area contributed by atoms with Crippen LogP contribution in [0, 0.1) is 5.92 Å². The second kappa shape index (κ2) is 7.56. The summed E-state index contributed by atoms with van der Waals surface area (Å²) in [6.07, 6.45) is -3.19. The number of piperidine rings is 1. The predicted molar refractivity (Wildman–Crippen MR) is 91.5 cm³/mol. The second-order valence-electron chi connectivity index (χ2n) is 6.71. The highest BCUT2D eigenvalue weighted by Crippen LogP contribution is 2.31. The molecule has 2 aromatic rings. The van der Waals surface area contributed by atoms with Crippen LogP contribution in [0.5, 0.6) is 0 Å². The lowest BCUT2D eigenvalue weighted by Gasteiger charge is -2.32. The van der Waals surface area contributed by atoms with E-state index in [2.05, 4.69) is 15.4 Å². The van der Waals surface area contributed by atoms with Gasteiger partial charge in [0.25, 0.3) is 0 Å². The number of carbonyl (C=O) groups excluding carboxylic acids is 2. The normalized spacial score (nSPS) is 18.7. The molecule has 150 valence electrons. The van der Waals surface area contributed by atoms with E-state index in [1.165, 1.54) is 17.0 Å². The maximum Gasteiger partial charge on any atom is 0.416 e. The van der Waals surface area contributed by atoms with Crippen molar-refractivity contribution in [2.45, 2.75) is 32.0 Å². The number of carbonyl (C=O) groups is 2. The standard InChI is InChI=1S/C17H19F3N6O2/c1-10(16(28)25-7-3-5-12(9-25)14(21)27)26-23-15(22-24-26)11-4-2-6-13(8-11)17(18,19)20/h2,4,6,8,10,12H,3,5,7,9H2,1H3,(H2,21,27). The molecule has 3 rings (SSSR count). The first-order chi connectivity index (χ1) is 13.2. The third-order valence-electron chi connectivity index (χ3n) is 4.72. The minimum Gasteiger partial charge on any atom is -0.369 e. The molecule has 2 N–H and O–H groups in total. The molecular formula is C17H19F3N6O2. The lowest BCUT2D eigenvalue weighted by molar-refractivity contribution is -0.139. The zero-order valence-electron chi connectivity index (χ0n) is 15.1. The number of nitrogens with zero attached hydrogens (tertiary/aromatic N) is 5. The van der Waals surface area contributed by atoms with Gasteiger partial charge in [-0.25, -0.2) is 0 Å². The van der Waals surface area contributed by atoms with Crippen molar-refractivity contribution in [1.82, 2.24) is 25.1 Å². The van der Waals surface area contributed by atoms with Gasteiger partial charge in [0.2, 0.25) is 17.6 Å².